The predicted molar refractivity (Wildman–Crippen MR) is 250 cm³/mol. The van der Waals surface area contributed by atoms with E-state index in [1.54, 1.807) is 19.2 Å². The molecule has 1 saturated heterocycles. The molecule has 1 aliphatic rings. The van der Waals surface area contributed by atoms with Crippen LogP contribution in [0.25, 0.3) is 22.0 Å². The summed E-state index contributed by atoms with van der Waals surface area (Å²) in [5.74, 6) is 0.575. The zero-order valence-electron chi connectivity index (χ0n) is 36.5. The number of anilines is 1. The number of likely N-dealkylation sites (tertiary alicyclic amines) is 1. The van der Waals surface area contributed by atoms with Crippen LogP contribution in [0.2, 0.25) is 13.1 Å². The second-order valence-corrected chi connectivity index (χ2v) is 18.0. The molecule has 330 valence electrons. The van der Waals surface area contributed by atoms with Gasteiger partial charge in [-0.05, 0) is 53.8 Å². The van der Waals surface area contributed by atoms with Gasteiger partial charge in [0.15, 0.2) is 19.5 Å². The number of hydrogen-bond donors (Lipinski definition) is 5. The molecule has 0 radical (unpaired) electrons. The van der Waals surface area contributed by atoms with Crippen LogP contribution in [0.15, 0.2) is 102 Å². The van der Waals surface area contributed by atoms with E-state index in [0.717, 1.165) is 46.3 Å². The number of ether oxygens (including phenoxy) is 2. The SMILES string of the molecule is COc1cc(CNC(=O)CCN2CCC(OC(=O)Nc3ccccc3-c3ccccc3)CC2)ccc1CNC[C@H](c1ccc(O)c2[nH]c(=O)ccc12)C(C)(C)C(O[SiH2]C)O[SiH2]C. The summed E-state index contributed by atoms with van der Waals surface area (Å²) in [7, 11) is 0.0832. The van der Waals surface area contributed by atoms with E-state index in [4.69, 9.17) is 18.3 Å². The smallest absolute Gasteiger partial charge is 0.411 e. The molecule has 0 aliphatic carbocycles. The topological polar surface area (TPSA) is 163 Å². The van der Waals surface area contributed by atoms with Crippen molar-refractivity contribution in [2.24, 2.45) is 5.41 Å². The van der Waals surface area contributed by atoms with Crippen molar-refractivity contribution in [3.05, 3.63) is 124 Å². The fraction of sp³-hybridized carbons (Fsp3) is 0.383. The second-order valence-electron chi connectivity index (χ2n) is 16.2. The Morgan fingerprint density at radius 1 is 0.919 bits per heavy atom. The van der Waals surface area contributed by atoms with Gasteiger partial charge in [0.25, 0.3) is 0 Å². The average Bonchev–Trinajstić information content (AvgIpc) is 3.28. The number of rotatable bonds is 20. The van der Waals surface area contributed by atoms with Crippen molar-refractivity contribution in [2.75, 3.05) is 38.6 Å². The maximum atomic E-state index is 12.9. The van der Waals surface area contributed by atoms with Crippen molar-refractivity contribution in [1.82, 2.24) is 20.5 Å². The van der Waals surface area contributed by atoms with E-state index < -0.39 is 31.0 Å². The second kappa shape index (κ2) is 22.2. The number of benzene rings is 4. The zero-order valence-corrected chi connectivity index (χ0v) is 39.3. The molecule has 5 N–H and O–H groups in total. The van der Waals surface area contributed by atoms with Crippen LogP contribution >= 0.6 is 0 Å². The van der Waals surface area contributed by atoms with Crippen molar-refractivity contribution < 1.29 is 33.0 Å². The number of aromatic nitrogens is 1. The van der Waals surface area contributed by atoms with E-state index >= 15 is 0 Å². The first-order chi connectivity index (χ1) is 30.0. The van der Waals surface area contributed by atoms with E-state index in [9.17, 15) is 19.5 Å². The van der Waals surface area contributed by atoms with Gasteiger partial charge >= 0.3 is 6.09 Å². The van der Waals surface area contributed by atoms with Gasteiger partial charge in [0, 0.05) is 79.6 Å². The molecule has 1 aliphatic heterocycles. The highest BCUT2D eigenvalue weighted by Crippen LogP contribution is 2.43. The van der Waals surface area contributed by atoms with E-state index in [0.29, 0.717) is 62.4 Å². The first-order valence-corrected chi connectivity index (χ1v) is 25.5. The van der Waals surface area contributed by atoms with Crippen molar-refractivity contribution in [3.8, 4) is 22.6 Å². The highest BCUT2D eigenvalue weighted by atomic mass is 28.2. The number of methoxy groups -OCH3 is 1. The highest BCUT2D eigenvalue weighted by Gasteiger charge is 2.40. The number of piperidine rings is 1. The molecule has 4 aromatic carbocycles. The first-order valence-electron chi connectivity index (χ1n) is 21.6. The van der Waals surface area contributed by atoms with Crippen molar-refractivity contribution >= 4 is 48.1 Å². The molecule has 1 fully saturated rings. The largest absolute Gasteiger partial charge is 0.506 e. The standard InChI is InChI=1S/C47H61N5O8Si2/c1-47(2,45(59-61-4)60-62-5)38(36-17-19-40(53)44-37(36)18-20-43(55)51-44)30-48-29-33-16-15-31(27-41(33)57-3)28-49-42(54)23-26-52-24-21-34(22-25-52)58-46(56)50-39-14-10-9-13-35(39)32-11-7-6-8-12-32/h6-20,27,34,38,45,48,53H,21-26,28-30,61-62H2,1-5H3,(H,49,54)(H,50,56)(H,51,55)/t38-/m1/s1. The minimum absolute atomic E-state index is 0.0190. The van der Waals surface area contributed by atoms with Crippen molar-refractivity contribution in [1.29, 1.82) is 0 Å². The molecule has 1 atom stereocenters. The van der Waals surface area contributed by atoms with E-state index in [1.165, 1.54) is 6.07 Å². The van der Waals surface area contributed by atoms with Gasteiger partial charge in [-0.15, -0.1) is 0 Å². The van der Waals surface area contributed by atoms with Crippen LogP contribution in [0.1, 0.15) is 55.7 Å². The lowest BCUT2D eigenvalue weighted by atomic mass is 9.73. The summed E-state index contributed by atoms with van der Waals surface area (Å²) < 4.78 is 24.2. The van der Waals surface area contributed by atoms with E-state index in [-0.39, 0.29) is 35.5 Å². The van der Waals surface area contributed by atoms with Gasteiger partial charge in [-0.3, -0.25) is 14.9 Å². The lowest BCUT2D eigenvalue weighted by Gasteiger charge is -2.41. The molecule has 0 unspecified atom stereocenters. The van der Waals surface area contributed by atoms with Crippen LogP contribution < -0.4 is 26.2 Å². The maximum Gasteiger partial charge on any atom is 0.411 e. The Morgan fingerprint density at radius 3 is 2.37 bits per heavy atom. The van der Waals surface area contributed by atoms with Crippen molar-refractivity contribution in [2.45, 2.75) is 77.6 Å². The first kappa shape index (κ1) is 46.2. The van der Waals surface area contributed by atoms with Gasteiger partial charge in [0.05, 0.1) is 18.3 Å². The molecule has 1 aromatic heterocycles. The number of carbonyl (C=O) groups excluding carboxylic acids is 2. The molecule has 0 saturated carbocycles. The third-order valence-corrected chi connectivity index (χ3v) is 12.9. The normalized spacial score (nSPS) is 15.0. The number of nitrogens with zero attached hydrogens (tertiary/aromatic N) is 1. The number of fused-ring (bicyclic) bond motifs is 1. The molecule has 0 bridgehead atoms. The molecule has 2 heterocycles. The lowest BCUT2D eigenvalue weighted by molar-refractivity contribution is -0.121. The fourth-order valence-electron chi connectivity index (χ4n) is 8.23. The number of amides is 2. The Hall–Kier alpha value is -5.30. The van der Waals surface area contributed by atoms with Crippen LogP contribution in [0, 0.1) is 5.41 Å². The molecule has 62 heavy (non-hydrogen) atoms. The van der Waals surface area contributed by atoms with Crippen LogP contribution in [-0.4, -0.2) is 92.2 Å². The molecule has 0 spiro atoms. The number of phenolic OH excluding ortho intramolecular Hbond substituents is 1. The van der Waals surface area contributed by atoms with E-state index in [2.05, 4.69) is 52.8 Å². The zero-order chi connectivity index (χ0) is 44.1. The Balaban J connectivity index is 0.981. The summed E-state index contributed by atoms with van der Waals surface area (Å²) >= 11 is 0. The van der Waals surface area contributed by atoms with Gasteiger partial charge in [-0.2, -0.15) is 0 Å². The van der Waals surface area contributed by atoms with Crippen LogP contribution in [0.4, 0.5) is 10.5 Å². The number of pyridine rings is 1. The van der Waals surface area contributed by atoms with Crippen LogP contribution in [0.5, 0.6) is 11.5 Å². The predicted octanol–water partition coefficient (Wildman–Crippen LogP) is 6.15. The summed E-state index contributed by atoms with van der Waals surface area (Å²) in [6.07, 6.45) is 0.733. The van der Waals surface area contributed by atoms with E-state index in [1.807, 2.05) is 78.9 Å². The summed E-state index contributed by atoms with van der Waals surface area (Å²) in [4.78, 5) is 43.0. The lowest BCUT2D eigenvalue weighted by Crippen LogP contribution is -2.43. The summed E-state index contributed by atoms with van der Waals surface area (Å²) in [6.45, 7) is 12.0. The Kier molecular flexibility index (Phi) is 16.5. The monoisotopic (exact) mass is 879 g/mol. The van der Waals surface area contributed by atoms with Crippen LogP contribution in [-0.2, 0) is 31.5 Å². The third-order valence-electron chi connectivity index (χ3n) is 11.6. The van der Waals surface area contributed by atoms with Crippen molar-refractivity contribution in [3.63, 3.8) is 0 Å². The Bertz CT molecular complexity index is 2310. The summed E-state index contributed by atoms with van der Waals surface area (Å²) in [5, 5.41) is 21.1. The third kappa shape index (κ3) is 12.0. The number of carbonyl (C=O) groups is 2. The fourth-order valence-corrected chi connectivity index (χ4v) is 10.1. The highest BCUT2D eigenvalue weighted by molar-refractivity contribution is 6.26. The number of phenols is 1. The number of para-hydroxylation sites is 1. The summed E-state index contributed by atoms with van der Waals surface area (Å²) in [6, 6.07) is 30.4. The van der Waals surface area contributed by atoms with Gasteiger partial charge in [-0.1, -0.05) is 93.7 Å². The maximum absolute atomic E-state index is 12.9. The molecule has 5 aromatic rings. The number of H-pyrrole nitrogens is 1. The van der Waals surface area contributed by atoms with Crippen LogP contribution in [0.3, 0.4) is 0 Å². The number of hydrogen-bond acceptors (Lipinski definition) is 10. The van der Waals surface area contributed by atoms with Gasteiger partial charge in [-0.25, -0.2) is 4.79 Å². The molecule has 6 rings (SSSR count). The minimum atomic E-state index is -0.780. The molecular weight excluding hydrogens is 819 g/mol. The number of aromatic amines is 1. The molecule has 15 heteroatoms. The minimum Gasteiger partial charge on any atom is -0.506 e. The average molecular weight is 880 g/mol. The van der Waals surface area contributed by atoms with Gasteiger partial charge in [0.1, 0.15) is 23.9 Å². The summed E-state index contributed by atoms with van der Waals surface area (Å²) in [5.41, 5.74) is 5.18. The quantitative estimate of drug-likeness (QED) is 0.0453. The Morgan fingerprint density at radius 2 is 1.65 bits per heavy atom. The number of nitrogens with one attached hydrogen (secondary N) is 4. The molecule has 13 nitrogen and oxygen atoms in total. The number of aromatic hydroxyl groups is 1. The molecule has 2 amide bonds. The molecular formula is C47H61N5O8Si2. The van der Waals surface area contributed by atoms with Gasteiger partial charge < -0.3 is 43.9 Å². The van der Waals surface area contributed by atoms with Gasteiger partial charge in [0.2, 0.25) is 11.5 Å². The Labute approximate surface area is 368 Å².